The van der Waals surface area contributed by atoms with Crippen molar-refractivity contribution in [1.82, 2.24) is 10.0 Å². The van der Waals surface area contributed by atoms with Crippen LogP contribution in [0.2, 0.25) is 10.0 Å². The van der Waals surface area contributed by atoms with Crippen molar-refractivity contribution in [3.63, 3.8) is 0 Å². The summed E-state index contributed by atoms with van der Waals surface area (Å²) < 4.78 is 26.5. The fourth-order valence-corrected chi connectivity index (χ4v) is 3.86. The van der Waals surface area contributed by atoms with Crippen LogP contribution in [0, 0.1) is 0 Å². The molecular weight excluding hydrogens is 307 g/mol. The van der Waals surface area contributed by atoms with Crippen LogP contribution in [0.15, 0.2) is 18.2 Å². The zero-order valence-corrected chi connectivity index (χ0v) is 12.7. The fraction of sp³-hybridized carbons (Fsp3) is 0.500. The SMILES string of the molecule is O=S(=O)(Cc1cc(Cl)cc(Cl)c1)NCC1CCCN1. The van der Waals surface area contributed by atoms with Crippen LogP contribution in [0.5, 0.6) is 0 Å². The van der Waals surface area contributed by atoms with E-state index in [1.165, 1.54) is 0 Å². The summed E-state index contributed by atoms with van der Waals surface area (Å²) in [5.74, 6) is -0.111. The first-order chi connectivity index (χ1) is 8.94. The van der Waals surface area contributed by atoms with E-state index in [-0.39, 0.29) is 11.8 Å². The Bertz CT molecular complexity index is 522. The normalized spacial score (nSPS) is 19.8. The van der Waals surface area contributed by atoms with Crippen molar-refractivity contribution in [2.24, 2.45) is 0 Å². The van der Waals surface area contributed by atoms with Crippen LogP contribution in [-0.4, -0.2) is 27.5 Å². The minimum Gasteiger partial charge on any atom is -0.313 e. The Morgan fingerprint density at radius 1 is 1.26 bits per heavy atom. The van der Waals surface area contributed by atoms with Gasteiger partial charge in [0.05, 0.1) is 5.75 Å². The van der Waals surface area contributed by atoms with E-state index in [1.807, 2.05) is 0 Å². The zero-order valence-electron chi connectivity index (χ0n) is 10.3. The highest BCUT2D eigenvalue weighted by atomic mass is 35.5. The van der Waals surface area contributed by atoms with Crippen LogP contribution in [0.1, 0.15) is 18.4 Å². The maximum atomic E-state index is 12.0. The quantitative estimate of drug-likeness (QED) is 0.873. The van der Waals surface area contributed by atoms with Gasteiger partial charge in [-0.1, -0.05) is 23.2 Å². The molecule has 0 bridgehead atoms. The first kappa shape index (κ1) is 15.1. The standard InChI is InChI=1S/C12H16Cl2N2O2S/c13-10-4-9(5-11(14)6-10)8-19(17,18)16-7-12-2-1-3-15-12/h4-6,12,15-16H,1-3,7-8H2. The van der Waals surface area contributed by atoms with Gasteiger partial charge in [-0.2, -0.15) is 0 Å². The van der Waals surface area contributed by atoms with E-state index >= 15 is 0 Å². The van der Waals surface area contributed by atoms with E-state index in [1.54, 1.807) is 18.2 Å². The lowest BCUT2D eigenvalue weighted by Gasteiger charge is -2.12. The van der Waals surface area contributed by atoms with Crippen molar-refractivity contribution in [3.05, 3.63) is 33.8 Å². The summed E-state index contributed by atoms with van der Waals surface area (Å²) >= 11 is 11.7. The molecule has 2 rings (SSSR count). The maximum Gasteiger partial charge on any atom is 0.215 e. The van der Waals surface area contributed by atoms with Crippen molar-refractivity contribution in [3.8, 4) is 0 Å². The molecule has 1 saturated heterocycles. The molecule has 106 valence electrons. The molecule has 1 aliphatic heterocycles. The number of sulfonamides is 1. The van der Waals surface area contributed by atoms with Gasteiger partial charge >= 0.3 is 0 Å². The summed E-state index contributed by atoms with van der Waals surface area (Å²) in [5, 5.41) is 4.12. The molecule has 0 amide bonds. The lowest BCUT2D eigenvalue weighted by molar-refractivity contribution is 0.551. The summed E-state index contributed by atoms with van der Waals surface area (Å²) in [6, 6.07) is 5.04. The topological polar surface area (TPSA) is 58.2 Å². The predicted octanol–water partition coefficient (Wildman–Crippen LogP) is 2.16. The Labute approximate surface area is 123 Å². The van der Waals surface area contributed by atoms with Crippen LogP contribution in [-0.2, 0) is 15.8 Å². The van der Waals surface area contributed by atoms with Crippen LogP contribution in [0.3, 0.4) is 0 Å². The molecule has 0 aromatic heterocycles. The van der Waals surface area contributed by atoms with Crippen molar-refractivity contribution in [2.45, 2.75) is 24.6 Å². The number of hydrogen-bond donors (Lipinski definition) is 2. The van der Waals surface area contributed by atoms with Gasteiger partial charge < -0.3 is 5.32 Å². The van der Waals surface area contributed by atoms with Crippen LogP contribution in [0.25, 0.3) is 0 Å². The third-order valence-corrected chi connectivity index (χ3v) is 4.75. The molecule has 1 fully saturated rings. The average molecular weight is 323 g/mol. The van der Waals surface area contributed by atoms with E-state index in [0.29, 0.717) is 22.2 Å². The molecule has 2 N–H and O–H groups in total. The first-order valence-electron chi connectivity index (χ1n) is 6.10. The third-order valence-electron chi connectivity index (χ3n) is 2.99. The van der Waals surface area contributed by atoms with E-state index in [9.17, 15) is 8.42 Å². The van der Waals surface area contributed by atoms with Gasteiger partial charge in [0, 0.05) is 22.6 Å². The molecule has 19 heavy (non-hydrogen) atoms. The molecule has 1 heterocycles. The Hall–Kier alpha value is -0.330. The lowest BCUT2D eigenvalue weighted by Crippen LogP contribution is -2.37. The molecule has 1 unspecified atom stereocenters. The van der Waals surface area contributed by atoms with Gasteiger partial charge in [0.15, 0.2) is 0 Å². The molecular formula is C12H16Cl2N2O2S. The van der Waals surface area contributed by atoms with E-state index < -0.39 is 10.0 Å². The van der Waals surface area contributed by atoms with Crippen LogP contribution >= 0.6 is 23.2 Å². The summed E-state index contributed by atoms with van der Waals surface area (Å²) in [7, 11) is -3.36. The molecule has 1 aliphatic rings. The molecule has 0 spiro atoms. The second-order valence-corrected chi connectivity index (χ2v) is 7.36. The number of rotatable bonds is 5. The Morgan fingerprint density at radius 2 is 1.95 bits per heavy atom. The Balaban J connectivity index is 1.95. The average Bonchev–Trinajstić information content (AvgIpc) is 2.77. The molecule has 0 radical (unpaired) electrons. The second kappa shape index (κ2) is 6.41. The highest BCUT2D eigenvalue weighted by molar-refractivity contribution is 7.88. The smallest absolute Gasteiger partial charge is 0.215 e. The number of nitrogens with one attached hydrogen (secondary N) is 2. The molecule has 1 aromatic carbocycles. The van der Waals surface area contributed by atoms with Crippen molar-refractivity contribution in [1.29, 1.82) is 0 Å². The minimum absolute atomic E-state index is 0.111. The van der Waals surface area contributed by atoms with E-state index in [2.05, 4.69) is 10.0 Å². The summed E-state index contributed by atoms with van der Waals surface area (Å²) in [4.78, 5) is 0. The van der Waals surface area contributed by atoms with Gasteiger partial charge in [0.25, 0.3) is 0 Å². The minimum atomic E-state index is -3.36. The van der Waals surface area contributed by atoms with Crippen LogP contribution < -0.4 is 10.0 Å². The van der Waals surface area contributed by atoms with Crippen molar-refractivity contribution < 1.29 is 8.42 Å². The van der Waals surface area contributed by atoms with Gasteiger partial charge in [0.1, 0.15) is 0 Å². The largest absolute Gasteiger partial charge is 0.313 e. The third kappa shape index (κ3) is 4.93. The van der Waals surface area contributed by atoms with Gasteiger partial charge in [-0.3, -0.25) is 0 Å². The second-order valence-electron chi connectivity index (χ2n) is 4.68. The summed E-state index contributed by atoms with van der Waals surface area (Å²) in [6.07, 6.45) is 2.10. The fourth-order valence-electron chi connectivity index (χ4n) is 2.12. The van der Waals surface area contributed by atoms with Crippen molar-refractivity contribution in [2.75, 3.05) is 13.1 Å². The predicted molar refractivity (Wildman–Crippen MR) is 78.1 cm³/mol. The first-order valence-corrected chi connectivity index (χ1v) is 8.51. The van der Waals surface area contributed by atoms with Gasteiger partial charge in [0.2, 0.25) is 10.0 Å². The molecule has 0 saturated carbocycles. The van der Waals surface area contributed by atoms with Crippen LogP contribution in [0.4, 0.5) is 0 Å². The van der Waals surface area contributed by atoms with Gasteiger partial charge in [-0.15, -0.1) is 0 Å². The highest BCUT2D eigenvalue weighted by Crippen LogP contribution is 2.20. The van der Waals surface area contributed by atoms with E-state index in [4.69, 9.17) is 23.2 Å². The summed E-state index contributed by atoms with van der Waals surface area (Å²) in [5.41, 5.74) is 0.587. The summed E-state index contributed by atoms with van der Waals surface area (Å²) in [6.45, 7) is 1.38. The number of halogens is 2. The van der Waals surface area contributed by atoms with Gasteiger partial charge in [-0.25, -0.2) is 13.1 Å². The highest BCUT2D eigenvalue weighted by Gasteiger charge is 2.18. The molecule has 4 nitrogen and oxygen atoms in total. The van der Waals surface area contributed by atoms with Crippen molar-refractivity contribution >= 4 is 33.2 Å². The lowest BCUT2D eigenvalue weighted by atomic mass is 10.2. The Morgan fingerprint density at radius 3 is 2.53 bits per heavy atom. The zero-order chi connectivity index (χ0) is 13.9. The van der Waals surface area contributed by atoms with Gasteiger partial charge in [-0.05, 0) is 43.1 Å². The molecule has 0 aliphatic carbocycles. The molecule has 7 heteroatoms. The Kier molecular flexibility index (Phi) is 5.09. The maximum absolute atomic E-state index is 12.0. The molecule has 1 aromatic rings. The number of hydrogen-bond acceptors (Lipinski definition) is 3. The number of benzene rings is 1. The van der Waals surface area contributed by atoms with E-state index in [0.717, 1.165) is 19.4 Å². The molecule has 1 atom stereocenters. The monoisotopic (exact) mass is 322 g/mol.